The molecule has 4 heteroatoms. The maximum absolute atomic E-state index is 10.9. The van der Waals surface area contributed by atoms with Crippen molar-refractivity contribution in [3.8, 4) is 22.3 Å². The van der Waals surface area contributed by atoms with E-state index in [0.29, 0.717) is 5.25 Å². The molecular formula is C34H36O2S2. The summed E-state index contributed by atoms with van der Waals surface area (Å²) >= 11 is 4.01. The number of rotatable bonds is 15. The highest BCUT2D eigenvalue weighted by Gasteiger charge is 2.11. The normalized spacial score (nSPS) is 11.8. The summed E-state index contributed by atoms with van der Waals surface area (Å²) in [6.07, 6.45) is 4.23. The van der Waals surface area contributed by atoms with Gasteiger partial charge in [0, 0.05) is 23.2 Å². The first-order valence-electron chi connectivity index (χ1n) is 13.4. The second-order valence-corrected chi connectivity index (χ2v) is 11.9. The summed E-state index contributed by atoms with van der Waals surface area (Å²) in [7, 11) is 0. The van der Waals surface area contributed by atoms with E-state index in [9.17, 15) is 4.79 Å². The van der Waals surface area contributed by atoms with Gasteiger partial charge < -0.3 is 5.11 Å². The lowest BCUT2D eigenvalue weighted by atomic mass is 10.0. The predicted octanol–water partition coefficient (Wildman–Crippen LogP) is 9.59. The van der Waals surface area contributed by atoms with Crippen LogP contribution in [0.4, 0.5) is 0 Å². The van der Waals surface area contributed by atoms with Crippen LogP contribution in [0.1, 0.15) is 43.2 Å². The van der Waals surface area contributed by atoms with Gasteiger partial charge in [0.15, 0.2) is 0 Å². The molecule has 196 valence electrons. The Bertz CT molecular complexity index is 1220. The fourth-order valence-corrected chi connectivity index (χ4v) is 6.84. The van der Waals surface area contributed by atoms with Crippen LogP contribution in [0.15, 0.2) is 109 Å². The van der Waals surface area contributed by atoms with E-state index in [4.69, 9.17) is 5.11 Å². The molecule has 4 aromatic carbocycles. The van der Waals surface area contributed by atoms with Crippen molar-refractivity contribution in [2.75, 3.05) is 5.75 Å². The SMILES string of the molecule is O=C(O)CCCCC(CCSCc1ccc(-c2ccccc2)cc1)SCc1ccc(-c2ccccc2)cc1. The quantitative estimate of drug-likeness (QED) is 0.152. The smallest absolute Gasteiger partial charge is 0.303 e. The van der Waals surface area contributed by atoms with E-state index < -0.39 is 5.97 Å². The molecule has 0 heterocycles. The fraction of sp³-hybridized carbons (Fsp3) is 0.265. The van der Waals surface area contributed by atoms with Gasteiger partial charge in [0.05, 0.1) is 0 Å². The van der Waals surface area contributed by atoms with Gasteiger partial charge in [0.1, 0.15) is 0 Å². The van der Waals surface area contributed by atoms with Gasteiger partial charge in [-0.15, -0.1) is 0 Å². The van der Waals surface area contributed by atoms with E-state index in [1.807, 2.05) is 35.7 Å². The zero-order chi connectivity index (χ0) is 26.4. The number of unbranched alkanes of at least 4 members (excludes halogenated alkanes) is 1. The Morgan fingerprint density at radius 2 is 1.11 bits per heavy atom. The molecular weight excluding hydrogens is 505 g/mol. The highest BCUT2D eigenvalue weighted by Crippen LogP contribution is 2.29. The molecule has 0 fully saturated rings. The van der Waals surface area contributed by atoms with Crippen LogP contribution in [0.5, 0.6) is 0 Å². The molecule has 1 atom stereocenters. The van der Waals surface area contributed by atoms with Crippen LogP contribution in [0.2, 0.25) is 0 Å². The molecule has 0 aliphatic rings. The van der Waals surface area contributed by atoms with Gasteiger partial charge in [-0.1, -0.05) is 116 Å². The van der Waals surface area contributed by atoms with Gasteiger partial charge in [-0.3, -0.25) is 4.79 Å². The van der Waals surface area contributed by atoms with Gasteiger partial charge in [-0.25, -0.2) is 0 Å². The minimum absolute atomic E-state index is 0.270. The van der Waals surface area contributed by atoms with E-state index >= 15 is 0 Å². The van der Waals surface area contributed by atoms with Gasteiger partial charge in [-0.05, 0) is 58.4 Å². The molecule has 4 rings (SSSR count). The first-order chi connectivity index (χ1) is 18.7. The number of thioether (sulfide) groups is 2. The first-order valence-corrected chi connectivity index (χ1v) is 15.6. The third-order valence-corrected chi connectivity index (χ3v) is 9.13. The first kappa shape index (κ1) is 28.1. The summed E-state index contributed by atoms with van der Waals surface area (Å²) in [6, 6.07) is 38.8. The number of carboxylic acids is 1. The molecule has 0 aliphatic heterocycles. The third-order valence-electron chi connectivity index (χ3n) is 6.63. The number of aliphatic carboxylic acids is 1. The van der Waals surface area contributed by atoms with Crippen LogP contribution < -0.4 is 0 Å². The van der Waals surface area contributed by atoms with Crippen molar-refractivity contribution in [2.24, 2.45) is 0 Å². The Kier molecular flexibility index (Phi) is 11.4. The van der Waals surface area contributed by atoms with Crippen LogP contribution in [-0.2, 0) is 16.3 Å². The Labute approximate surface area is 235 Å². The van der Waals surface area contributed by atoms with E-state index in [-0.39, 0.29) is 6.42 Å². The molecule has 0 amide bonds. The molecule has 0 saturated carbocycles. The van der Waals surface area contributed by atoms with E-state index in [1.165, 1.54) is 33.4 Å². The second kappa shape index (κ2) is 15.5. The molecule has 1 unspecified atom stereocenters. The van der Waals surface area contributed by atoms with Crippen molar-refractivity contribution in [3.63, 3.8) is 0 Å². The lowest BCUT2D eigenvalue weighted by Gasteiger charge is -2.17. The lowest BCUT2D eigenvalue weighted by molar-refractivity contribution is -0.137. The molecule has 0 spiro atoms. The van der Waals surface area contributed by atoms with Gasteiger partial charge in [0.2, 0.25) is 0 Å². The minimum Gasteiger partial charge on any atom is -0.481 e. The van der Waals surface area contributed by atoms with Crippen LogP contribution in [0.25, 0.3) is 22.3 Å². The summed E-state index contributed by atoms with van der Waals surface area (Å²) in [6.45, 7) is 0. The molecule has 0 saturated heterocycles. The molecule has 0 bridgehead atoms. The van der Waals surface area contributed by atoms with Crippen molar-refractivity contribution in [1.29, 1.82) is 0 Å². The fourth-order valence-electron chi connectivity index (χ4n) is 4.43. The summed E-state index contributed by atoms with van der Waals surface area (Å²) in [5.74, 6) is 2.43. The summed E-state index contributed by atoms with van der Waals surface area (Å²) in [4.78, 5) is 10.9. The maximum atomic E-state index is 10.9. The van der Waals surface area contributed by atoms with Crippen LogP contribution >= 0.6 is 23.5 Å². The molecule has 0 aromatic heterocycles. The van der Waals surface area contributed by atoms with Crippen molar-refractivity contribution in [1.82, 2.24) is 0 Å². The maximum Gasteiger partial charge on any atom is 0.303 e. The Hall–Kier alpha value is -2.95. The number of benzene rings is 4. The van der Waals surface area contributed by atoms with Crippen molar-refractivity contribution >= 4 is 29.5 Å². The average Bonchev–Trinajstić information content (AvgIpc) is 2.97. The van der Waals surface area contributed by atoms with Gasteiger partial charge in [0.25, 0.3) is 0 Å². The van der Waals surface area contributed by atoms with Gasteiger partial charge in [-0.2, -0.15) is 23.5 Å². The minimum atomic E-state index is -0.693. The molecule has 1 N–H and O–H groups in total. The zero-order valence-electron chi connectivity index (χ0n) is 21.8. The van der Waals surface area contributed by atoms with Crippen LogP contribution in [0.3, 0.4) is 0 Å². The average molecular weight is 541 g/mol. The highest BCUT2D eigenvalue weighted by atomic mass is 32.2. The second-order valence-electron chi connectivity index (χ2n) is 9.54. The molecule has 38 heavy (non-hydrogen) atoms. The summed E-state index contributed by atoms with van der Waals surface area (Å²) in [5.41, 5.74) is 7.71. The monoisotopic (exact) mass is 540 g/mol. The standard InChI is InChI=1S/C34H36O2S2/c35-34(36)14-8-7-13-33(38-26-28-17-21-32(22-18-28)30-11-5-2-6-12-30)23-24-37-25-27-15-19-31(20-16-27)29-9-3-1-4-10-29/h1-6,9-12,15-22,33H,7-8,13-14,23-26H2,(H,35,36). The van der Waals surface area contributed by atoms with Crippen molar-refractivity contribution < 1.29 is 9.90 Å². The Morgan fingerprint density at radius 1 is 0.605 bits per heavy atom. The zero-order valence-corrected chi connectivity index (χ0v) is 23.4. The molecule has 0 radical (unpaired) electrons. The Morgan fingerprint density at radius 3 is 1.63 bits per heavy atom. The predicted molar refractivity (Wildman–Crippen MR) is 166 cm³/mol. The van der Waals surface area contributed by atoms with Gasteiger partial charge >= 0.3 is 5.97 Å². The van der Waals surface area contributed by atoms with Crippen LogP contribution in [0, 0.1) is 0 Å². The number of hydrogen-bond donors (Lipinski definition) is 1. The van der Waals surface area contributed by atoms with E-state index in [2.05, 4.69) is 97.1 Å². The summed E-state index contributed by atoms with van der Waals surface area (Å²) in [5, 5.41) is 9.54. The van der Waals surface area contributed by atoms with Crippen molar-refractivity contribution in [3.05, 3.63) is 120 Å². The molecule has 0 aliphatic carbocycles. The molecule has 2 nitrogen and oxygen atoms in total. The number of carboxylic acid groups (broad SMARTS) is 1. The number of carbonyl (C=O) groups is 1. The molecule has 4 aromatic rings. The lowest BCUT2D eigenvalue weighted by Crippen LogP contribution is -2.06. The highest BCUT2D eigenvalue weighted by molar-refractivity contribution is 7.99. The van der Waals surface area contributed by atoms with E-state index in [0.717, 1.165) is 42.9 Å². The Balaban J connectivity index is 1.25. The van der Waals surface area contributed by atoms with Crippen LogP contribution in [-0.4, -0.2) is 22.1 Å². The largest absolute Gasteiger partial charge is 0.481 e. The number of hydrogen-bond acceptors (Lipinski definition) is 3. The summed E-state index contributed by atoms with van der Waals surface area (Å²) < 4.78 is 0. The third kappa shape index (κ3) is 9.41. The van der Waals surface area contributed by atoms with E-state index in [1.54, 1.807) is 0 Å². The van der Waals surface area contributed by atoms with Crippen molar-refractivity contribution in [2.45, 2.75) is 48.9 Å². The topological polar surface area (TPSA) is 37.3 Å².